The summed E-state index contributed by atoms with van der Waals surface area (Å²) in [6.07, 6.45) is 4.81. The average molecular weight is 384 g/mol. The highest BCUT2D eigenvalue weighted by molar-refractivity contribution is 5.89. The lowest BCUT2D eigenvalue weighted by molar-refractivity contribution is 0.181. The number of aryl methyl sites for hydroxylation is 2. The minimum Gasteiger partial charge on any atom is -0.338 e. The van der Waals surface area contributed by atoms with E-state index in [0.29, 0.717) is 6.54 Å². The molecular weight excluding hydrogens is 350 g/mol. The Kier molecular flexibility index (Phi) is 7.09. The van der Waals surface area contributed by atoms with Crippen LogP contribution in [-0.2, 0) is 0 Å². The number of carbonyl (C=O) groups is 1. The zero-order chi connectivity index (χ0) is 19.9. The highest BCUT2D eigenvalue weighted by Gasteiger charge is 2.15. The first-order valence-corrected chi connectivity index (χ1v) is 10.4. The van der Waals surface area contributed by atoms with Crippen LogP contribution in [0.3, 0.4) is 0 Å². The van der Waals surface area contributed by atoms with Crippen molar-refractivity contribution in [1.29, 1.82) is 0 Å². The van der Waals surface area contributed by atoms with Gasteiger partial charge in [-0.1, -0.05) is 13.0 Å². The molecule has 0 spiro atoms. The molecule has 1 aliphatic heterocycles. The molecule has 1 aliphatic rings. The van der Waals surface area contributed by atoms with Crippen molar-refractivity contribution in [1.82, 2.24) is 20.0 Å². The number of unbranched alkanes of at least 4 members (excludes halogenated alkanes) is 1. The molecule has 6 heteroatoms. The van der Waals surface area contributed by atoms with Crippen molar-refractivity contribution in [3.8, 4) is 5.69 Å². The molecule has 2 N–H and O–H groups in total. The third kappa shape index (κ3) is 5.83. The molecule has 0 aliphatic carbocycles. The maximum absolute atomic E-state index is 12.2. The van der Waals surface area contributed by atoms with Gasteiger partial charge in [-0.2, -0.15) is 5.10 Å². The number of carbonyl (C=O) groups excluding carboxylic acids is 1. The quantitative estimate of drug-likeness (QED) is 0.707. The van der Waals surface area contributed by atoms with Gasteiger partial charge in [-0.3, -0.25) is 0 Å². The first kappa shape index (κ1) is 20.4. The molecule has 0 radical (unpaired) electrons. The Morgan fingerprint density at radius 2 is 2.11 bits per heavy atom. The highest BCUT2D eigenvalue weighted by Crippen LogP contribution is 2.17. The fourth-order valence-electron chi connectivity index (χ4n) is 3.93. The summed E-state index contributed by atoms with van der Waals surface area (Å²) in [5.41, 5.74) is 3.76. The number of hydrogen-bond donors (Lipinski definition) is 2. The number of nitrogens with zero attached hydrogens (tertiary/aromatic N) is 3. The van der Waals surface area contributed by atoms with Crippen LogP contribution in [0.2, 0.25) is 0 Å². The van der Waals surface area contributed by atoms with Gasteiger partial charge in [0.15, 0.2) is 0 Å². The lowest BCUT2D eigenvalue weighted by atomic mass is 10.0. The van der Waals surface area contributed by atoms with Gasteiger partial charge in [0.25, 0.3) is 0 Å². The molecule has 28 heavy (non-hydrogen) atoms. The lowest BCUT2D eigenvalue weighted by Gasteiger charge is -2.30. The number of amides is 2. The van der Waals surface area contributed by atoms with Gasteiger partial charge in [0.1, 0.15) is 0 Å². The van der Waals surface area contributed by atoms with E-state index in [0.717, 1.165) is 48.1 Å². The molecule has 0 bridgehead atoms. The van der Waals surface area contributed by atoms with Crippen molar-refractivity contribution >= 4 is 11.7 Å². The number of rotatable bonds is 7. The van der Waals surface area contributed by atoms with E-state index in [2.05, 4.69) is 27.6 Å². The van der Waals surface area contributed by atoms with Crippen molar-refractivity contribution in [3.05, 3.63) is 41.7 Å². The van der Waals surface area contributed by atoms with E-state index in [1.54, 1.807) is 0 Å². The van der Waals surface area contributed by atoms with Crippen LogP contribution in [0, 0.1) is 19.8 Å². The van der Waals surface area contributed by atoms with Crippen LogP contribution >= 0.6 is 0 Å². The number of hydrogen-bond acceptors (Lipinski definition) is 3. The summed E-state index contributed by atoms with van der Waals surface area (Å²) < 4.78 is 1.89. The maximum atomic E-state index is 12.2. The third-order valence-electron chi connectivity index (χ3n) is 5.29. The monoisotopic (exact) mass is 383 g/mol. The molecule has 1 unspecified atom stereocenters. The zero-order valence-electron chi connectivity index (χ0n) is 17.4. The van der Waals surface area contributed by atoms with Crippen molar-refractivity contribution in [2.45, 2.75) is 46.5 Å². The number of piperidine rings is 1. The Labute approximate surface area is 168 Å². The van der Waals surface area contributed by atoms with E-state index in [9.17, 15) is 4.79 Å². The van der Waals surface area contributed by atoms with E-state index in [1.165, 1.54) is 25.9 Å². The van der Waals surface area contributed by atoms with E-state index in [4.69, 9.17) is 0 Å². The second-order valence-electron chi connectivity index (χ2n) is 8.03. The average Bonchev–Trinajstić information content (AvgIpc) is 3.00. The SMILES string of the molecule is Cc1cc(C)n(-c2cccc(NC(=O)NCCCCN3CCCC(C)C3)c2)n1. The van der Waals surface area contributed by atoms with Gasteiger partial charge in [-0.25, -0.2) is 9.48 Å². The minimum absolute atomic E-state index is 0.155. The lowest BCUT2D eigenvalue weighted by Crippen LogP contribution is -2.35. The molecule has 2 amide bonds. The van der Waals surface area contributed by atoms with Crippen molar-refractivity contribution in [2.75, 3.05) is 31.5 Å². The number of urea groups is 1. The molecule has 1 aromatic carbocycles. The van der Waals surface area contributed by atoms with E-state index >= 15 is 0 Å². The molecule has 6 nitrogen and oxygen atoms in total. The van der Waals surface area contributed by atoms with Crippen LogP contribution in [0.4, 0.5) is 10.5 Å². The Bertz CT molecular complexity index is 785. The number of aromatic nitrogens is 2. The zero-order valence-corrected chi connectivity index (χ0v) is 17.4. The van der Waals surface area contributed by atoms with Crippen LogP contribution in [0.1, 0.15) is 44.0 Å². The van der Waals surface area contributed by atoms with Crippen molar-refractivity contribution < 1.29 is 4.79 Å². The number of nitrogens with one attached hydrogen (secondary N) is 2. The molecule has 1 saturated heterocycles. The van der Waals surface area contributed by atoms with Gasteiger partial charge in [-0.05, 0) is 82.8 Å². The van der Waals surface area contributed by atoms with E-state index in [-0.39, 0.29) is 6.03 Å². The predicted molar refractivity (Wildman–Crippen MR) is 114 cm³/mol. The Morgan fingerprint density at radius 1 is 1.25 bits per heavy atom. The Balaban J connectivity index is 1.40. The summed E-state index contributed by atoms with van der Waals surface area (Å²) in [6.45, 7) is 10.6. The molecular formula is C22H33N5O. The largest absolute Gasteiger partial charge is 0.338 e. The fraction of sp³-hybridized carbons (Fsp3) is 0.545. The topological polar surface area (TPSA) is 62.2 Å². The number of likely N-dealkylation sites (tertiary alicyclic amines) is 1. The smallest absolute Gasteiger partial charge is 0.319 e. The Hall–Kier alpha value is -2.34. The normalized spacial score (nSPS) is 17.5. The summed E-state index contributed by atoms with van der Waals surface area (Å²) in [5.74, 6) is 0.822. The first-order valence-electron chi connectivity index (χ1n) is 10.4. The third-order valence-corrected chi connectivity index (χ3v) is 5.29. The van der Waals surface area contributed by atoms with Crippen LogP contribution in [0.15, 0.2) is 30.3 Å². The van der Waals surface area contributed by atoms with Crippen LogP contribution in [0.5, 0.6) is 0 Å². The van der Waals surface area contributed by atoms with Crippen molar-refractivity contribution in [2.24, 2.45) is 5.92 Å². The Morgan fingerprint density at radius 3 is 2.86 bits per heavy atom. The van der Waals surface area contributed by atoms with E-state index < -0.39 is 0 Å². The molecule has 1 fully saturated rings. The van der Waals surface area contributed by atoms with Gasteiger partial charge >= 0.3 is 6.03 Å². The number of anilines is 1. The first-order chi connectivity index (χ1) is 13.5. The van der Waals surface area contributed by atoms with Gasteiger partial charge < -0.3 is 15.5 Å². The maximum Gasteiger partial charge on any atom is 0.319 e. The summed E-state index contributed by atoms with van der Waals surface area (Å²) in [6, 6.07) is 9.64. The van der Waals surface area contributed by atoms with Gasteiger partial charge in [-0.15, -0.1) is 0 Å². The van der Waals surface area contributed by atoms with Gasteiger partial charge in [0.2, 0.25) is 0 Å². The predicted octanol–water partition coefficient (Wildman–Crippen LogP) is 4.12. The van der Waals surface area contributed by atoms with Crippen LogP contribution in [0.25, 0.3) is 5.69 Å². The van der Waals surface area contributed by atoms with Gasteiger partial charge in [0.05, 0.1) is 11.4 Å². The summed E-state index contributed by atoms with van der Waals surface area (Å²) >= 11 is 0. The minimum atomic E-state index is -0.155. The second kappa shape index (κ2) is 9.73. The van der Waals surface area contributed by atoms with E-state index in [1.807, 2.05) is 48.9 Å². The molecule has 2 heterocycles. The summed E-state index contributed by atoms with van der Waals surface area (Å²) in [7, 11) is 0. The highest BCUT2D eigenvalue weighted by atomic mass is 16.2. The summed E-state index contributed by atoms with van der Waals surface area (Å²) in [4.78, 5) is 14.7. The molecule has 0 saturated carbocycles. The molecule has 2 aromatic rings. The molecule has 1 atom stereocenters. The standard InChI is InChI=1S/C22H33N5O/c1-17-8-7-13-26(16-17)12-5-4-11-23-22(28)24-20-9-6-10-21(15-20)27-19(3)14-18(2)25-27/h6,9-10,14-15,17H,4-5,7-8,11-13,16H2,1-3H3,(H2,23,24,28). The molecule has 3 rings (SSSR count). The van der Waals surface area contributed by atoms with Gasteiger partial charge in [0, 0.05) is 24.5 Å². The molecule has 1 aromatic heterocycles. The van der Waals surface area contributed by atoms with Crippen LogP contribution in [-0.4, -0.2) is 46.9 Å². The second-order valence-corrected chi connectivity index (χ2v) is 8.03. The number of benzene rings is 1. The summed E-state index contributed by atoms with van der Waals surface area (Å²) in [5, 5.41) is 10.4. The fourth-order valence-corrected chi connectivity index (χ4v) is 3.93. The van der Waals surface area contributed by atoms with Crippen molar-refractivity contribution in [3.63, 3.8) is 0 Å². The van der Waals surface area contributed by atoms with Crippen LogP contribution < -0.4 is 10.6 Å². The molecule has 152 valence electrons.